The summed E-state index contributed by atoms with van der Waals surface area (Å²) in [5, 5.41) is 0. The molecule has 3 amide bonds. The van der Waals surface area contributed by atoms with E-state index < -0.39 is 6.04 Å². The molecule has 2 aliphatic rings. The predicted octanol–water partition coefficient (Wildman–Crippen LogP) is -0.254. The molecule has 3 rings (SSSR count). The number of amides is 3. The van der Waals surface area contributed by atoms with Gasteiger partial charge in [-0.3, -0.25) is 14.6 Å². The van der Waals surface area contributed by atoms with Gasteiger partial charge in [-0.15, -0.1) is 0 Å². The maximum Gasteiger partial charge on any atom is 0.401 e. The second kappa shape index (κ2) is 4.66. The van der Waals surface area contributed by atoms with Crippen molar-refractivity contribution in [3.05, 3.63) is 11.9 Å². The highest BCUT2D eigenvalue weighted by Crippen LogP contribution is 2.28. The summed E-state index contributed by atoms with van der Waals surface area (Å²) in [6.45, 7) is 2.51. The van der Waals surface area contributed by atoms with E-state index in [-0.39, 0.29) is 18.5 Å². The molecule has 0 bridgehead atoms. The van der Waals surface area contributed by atoms with Crippen molar-refractivity contribution in [2.24, 2.45) is 12.0 Å². The second-order valence-electron chi connectivity index (χ2n) is 5.23. The molecule has 1 aromatic rings. The van der Waals surface area contributed by atoms with Crippen LogP contribution < -0.4 is 4.57 Å². The molecular formula is C13H18N5O3+. The number of aromatic nitrogens is 2. The Hall–Kier alpha value is -2.22. The molecule has 1 aromatic heterocycles. The van der Waals surface area contributed by atoms with Gasteiger partial charge in [0.2, 0.25) is 11.9 Å². The molecule has 8 heteroatoms. The molecule has 21 heavy (non-hydrogen) atoms. The number of imide groups is 1. The molecule has 112 valence electrons. The number of amidine groups is 1. The van der Waals surface area contributed by atoms with Crippen molar-refractivity contribution in [2.45, 2.75) is 13.0 Å². The van der Waals surface area contributed by atoms with Crippen molar-refractivity contribution in [2.75, 3.05) is 27.3 Å². The van der Waals surface area contributed by atoms with Crippen molar-refractivity contribution in [1.82, 2.24) is 14.4 Å². The SMILES string of the molecule is COCCN1C(=O)C2C(=Nc3n(C)c(C)c[n+]32)N(C)C1=O. The number of hydrogen-bond acceptors (Lipinski definition) is 4. The van der Waals surface area contributed by atoms with E-state index in [4.69, 9.17) is 4.74 Å². The molecular weight excluding hydrogens is 274 g/mol. The maximum atomic E-state index is 12.7. The first-order valence-electron chi connectivity index (χ1n) is 6.71. The number of fused-ring (bicyclic) bond motifs is 3. The third-order valence-electron chi connectivity index (χ3n) is 4.00. The van der Waals surface area contributed by atoms with E-state index in [1.807, 2.05) is 29.3 Å². The summed E-state index contributed by atoms with van der Waals surface area (Å²) in [5.41, 5.74) is 1.00. The van der Waals surface area contributed by atoms with Crippen LogP contribution in [0.15, 0.2) is 11.2 Å². The standard InChI is InChI=1S/C13H18N5O3/c1-8-7-18-9-10(14-12(18)15(8)2)16(3)13(20)17(11(9)19)5-6-21-4/h7,9H,5-6H2,1-4H3/q+1. The Morgan fingerprint density at radius 2 is 2.10 bits per heavy atom. The Bertz CT molecular complexity index is 663. The lowest BCUT2D eigenvalue weighted by Gasteiger charge is -2.32. The molecule has 1 fully saturated rings. The molecule has 0 N–H and O–H groups in total. The van der Waals surface area contributed by atoms with Gasteiger partial charge in [-0.25, -0.2) is 13.9 Å². The van der Waals surface area contributed by atoms with E-state index in [1.54, 1.807) is 14.2 Å². The van der Waals surface area contributed by atoms with Crippen LogP contribution in [-0.4, -0.2) is 59.4 Å². The monoisotopic (exact) mass is 292 g/mol. The van der Waals surface area contributed by atoms with Crippen LogP contribution >= 0.6 is 0 Å². The third-order valence-corrected chi connectivity index (χ3v) is 4.00. The van der Waals surface area contributed by atoms with Crippen LogP contribution in [0.2, 0.25) is 0 Å². The summed E-state index contributed by atoms with van der Waals surface area (Å²) in [7, 11) is 5.07. The average Bonchev–Trinajstić information content (AvgIpc) is 2.95. The average molecular weight is 292 g/mol. The van der Waals surface area contributed by atoms with Crippen molar-refractivity contribution >= 4 is 23.7 Å². The van der Waals surface area contributed by atoms with E-state index in [0.717, 1.165) is 5.69 Å². The number of aryl methyl sites for hydroxylation is 1. The van der Waals surface area contributed by atoms with Crippen LogP contribution in [0.25, 0.3) is 0 Å². The van der Waals surface area contributed by atoms with E-state index >= 15 is 0 Å². The number of nitrogens with zero attached hydrogens (tertiary/aromatic N) is 5. The number of likely N-dealkylation sites (N-methyl/N-ethyl adjacent to an activating group) is 1. The maximum absolute atomic E-state index is 12.7. The molecule has 1 atom stereocenters. The first-order valence-corrected chi connectivity index (χ1v) is 6.71. The van der Waals surface area contributed by atoms with Crippen LogP contribution in [0.1, 0.15) is 11.7 Å². The zero-order valence-electron chi connectivity index (χ0n) is 12.5. The number of aliphatic imine (C=N–C) groups is 1. The van der Waals surface area contributed by atoms with Gasteiger partial charge in [0, 0.05) is 14.2 Å². The lowest BCUT2D eigenvalue weighted by atomic mass is 10.1. The van der Waals surface area contributed by atoms with Crippen LogP contribution in [0.4, 0.5) is 10.7 Å². The minimum atomic E-state index is -0.570. The molecule has 0 spiro atoms. The van der Waals surface area contributed by atoms with Gasteiger partial charge >= 0.3 is 12.0 Å². The zero-order chi connectivity index (χ0) is 15.3. The Labute approximate surface area is 122 Å². The number of rotatable bonds is 3. The normalized spacial score (nSPS) is 20.8. The highest BCUT2D eigenvalue weighted by Gasteiger charge is 2.52. The Morgan fingerprint density at radius 1 is 1.38 bits per heavy atom. The van der Waals surface area contributed by atoms with Crippen molar-refractivity contribution in [3.63, 3.8) is 0 Å². The van der Waals surface area contributed by atoms with Gasteiger partial charge in [0.15, 0.2) is 0 Å². The van der Waals surface area contributed by atoms with E-state index in [1.165, 1.54) is 9.80 Å². The summed E-state index contributed by atoms with van der Waals surface area (Å²) in [5.74, 6) is 0.890. The highest BCUT2D eigenvalue weighted by atomic mass is 16.5. The number of carbonyl (C=O) groups excluding carboxylic acids is 2. The molecule has 2 aliphatic heterocycles. The predicted molar refractivity (Wildman–Crippen MR) is 73.2 cm³/mol. The first kappa shape index (κ1) is 13.7. The van der Waals surface area contributed by atoms with E-state index in [0.29, 0.717) is 18.4 Å². The second-order valence-corrected chi connectivity index (χ2v) is 5.23. The first-order chi connectivity index (χ1) is 9.97. The molecule has 0 radical (unpaired) electrons. The van der Waals surface area contributed by atoms with Crippen molar-refractivity contribution in [1.29, 1.82) is 0 Å². The van der Waals surface area contributed by atoms with Crippen LogP contribution in [-0.2, 0) is 16.6 Å². The fraction of sp³-hybridized carbons (Fsp3) is 0.538. The minimum absolute atomic E-state index is 0.240. The number of carbonyl (C=O) groups is 2. The van der Waals surface area contributed by atoms with Gasteiger partial charge in [0.1, 0.15) is 11.9 Å². The quantitative estimate of drug-likeness (QED) is 0.721. The summed E-state index contributed by atoms with van der Waals surface area (Å²) in [6.07, 6.45) is 1.88. The number of methoxy groups -OCH3 is 1. The number of imidazole rings is 1. The molecule has 1 saturated heterocycles. The van der Waals surface area contributed by atoms with Gasteiger partial charge < -0.3 is 4.74 Å². The molecule has 3 heterocycles. The summed E-state index contributed by atoms with van der Waals surface area (Å²) < 4.78 is 8.69. The Morgan fingerprint density at radius 3 is 2.76 bits per heavy atom. The van der Waals surface area contributed by atoms with Crippen LogP contribution in [0.3, 0.4) is 0 Å². The fourth-order valence-corrected chi connectivity index (χ4v) is 2.68. The molecule has 1 unspecified atom stereocenters. The minimum Gasteiger partial charge on any atom is -0.383 e. The van der Waals surface area contributed by atoms with Gasteiger partial charge in [-0.05, 0) is 6.92 Å². The topological polar surface area (TPSA) is 71.0 Å². The number of ether oxygens (including phenoxy) is 1. The third kappa shape index (κ3) is 1.79. The number of urea groups is 1. The van der Waals surface area contributed by atoms with Gasteiger partial charge in [-0.1, -0.05) is 4.99 Å². The Balaban J connectivity index is 2.03. The van der Waals surface area contributed by atoms with Crippen molar-refractivity contribution in [3.8, 4) is 0 Å². The smallest absolute Gasteiger partial charge is 0.383 e. The molecule has 0 saturated carbocycles. The zero-order valence-corrected chi connectivity index (χ0v) is 12.5. The van der Waals surface area contributed by atoms with Gasteiger partial charge in [0.05, 0.1) is 20.2 Å². The largest absolute Gasteiger partial charge is 0.401 e. The van der Waals surface area contributed by atoms with Crippen LogP contribution in [0.5, 0.6) is 0 Å². The van der Waals surface area contributed by atoms with E-state index in [9.17, 15) is 9.59 Å². The lowest BCUT2D eigenvalue weighted by Crippen LogP contribution is -2.63. The summed E-state index contributed by atoms with van der Waals surface area (Å²) >= 11 is 0. The summed E-state index contributed by atoms with van der Waals surface area (Å²) in [6, 6.07) is -0.934. The fourth-order valence-electron chi connectivity index (χ4n) is 2.68. The lowest BCUT2D eigenvalue weighted by molar-refractivity contribution is -0.677. The van der Waals surface area contributed by atoms with Crippen LogP contribution in [0, 0.1) is 6.92 Å². The Kier molecular flexibility index (Phi) is 3.05. The van der Waals surface area contributed by atoms with Gasteiger partial charge in [0.25, 0.3) is 5.91 Å². The van der Waals surface area contributed by atoms with E-state index in [2.05, 4.69) is 4.99 Å². The molecule has 0 aliphatic carbocycles. The highest BCUT2D eigenvalue weighted by molar-refractivity contribution is 6.19. The molecule has 0 aromatic carbocycles. The molecule has 8 nitrogen and oxygen atoms in total. The van der Waals surface area contributed by atoms with Crippen molar-refractivity contribution < 1.29 is 18.9 Å². The summed E-state index contributed by atoms with van der Waals surface area (Å²) in [4.78, 5) is 32.1. The number of hydrogen-bond donors (Lipinski definition) is 0. The van der Waals surface area contributed by atoms with Gasteiger partial charge in [-0.2, -0.15) is 0 Å².